The van der Waals surface area contributed by atoms with Gasteiger partial charge in [0.25, 0.3) is 0 Å². The number of rotatable bonds is 6. The van der Waals surface area contributed by atoms with Crippen molar-refractivity contribution < 1.29 is 19.1 Å². The average Bonchev–Trinajstić information content (AvgIpc) is 2.34. The Kier molecular flexibility index (Phi) is 5.48. The van der Waals surface area contributed by atoms with Gasteiger partial charge in [-0.05, 0) is 30.0 Å². The van der Waals surface area contributed by atoms with E-state index in [2.05, 4.69) is 5.32 Å². The van der Waals surface area contributed by atoms with Crippen LogP contribution in [0.5, 0.6) is 0 Å². The van der Waals surface area contributed by atoms with Gasteiger partial charge in [0.2, 0.25) is 5.91 Å². The van der Waals surface area contributed by atoms with Crippen molar-refractivity contribution in [1.29, 1.82) is 0 Å². The third-order valence-corrected chi connectivity index (χ3v) is 2.80. The Morgan fingerprint density at radius 2 is 1.84 bits per heavy atom. The summed E-state index contributed by atoms with van der Waals surface area (Å²) in [5.74, 6) is -1.85. The maximum absolute atomic E-state index is 12.7. The highest BCUT2D eigenvalue weighted by Crippen LogP contribution is 2.07. The monoisotopic (exact) mass is 267 g/mol. The third kappa shape index (κ3) is 5.07. The molecule has 1 rings (SSSR count). The Morgan fingerprint density at radius 3 is 2.32 bits per heavy atom. The van der Waals surface area contributed by atoms with Gasteiger partial charge in [0, 0.05) is 6.42 Å². The van der Waals surface area contributed by atoms with Gasteiger partial charge in [0.05, 0.1) is 0 Å². The van der Waals surface area contributed by atoms with Crippen LogP contribution in [-0.2, 0) is 16.0 Å². The summed E-state index contributed by atoms with van der Waals surface area (Å²) in [5, 5.41) is 11.4. The maximum atomic E-state index is 12.7. The highest BCUT2D eigenvalue weighted by molar-refractivity contribution is 5.83. The molecule has 0 aliphatic rings. The molecule has 1 aromatic carbocycles. The molecule has 104 valence electrons. The average molecular weight is 267 g/mol. The van der Waals surface area contributed by atoms with Crippen LogP contribution in [0, 0.1) is 11.7 Å². The number of carbonyl (C=O) groups is 2. The van der Waals surface area contributed by atoms with E-state index in [-0.39, 0.29) is 24.1 Å². The molecule has 1 amide bonds. The molecular weight excluding hydrogens is 249 g/mol. The van der Waals surface area contributed by atoms with Gasteiger partial charge >= 0.3 is 5.97 Å². The number of halogens is 1. The highest BCUT2D eigenvalue weighted by atomic mass is 19.1. The van der Waals surface area contributed by atoms with Gasteiger partial charge in [0.1, 0.15) is 11.9 Å². The van der Waals surface area contributed by atoms with Crippen LogP contribution in [0.2, 0.25) is 0 Å². The molecule has 1 aromatic rings. The largest absolute Gasteiger partial charge is 0.480 e. The van der Waals surface area contributed by atoms with Gasteiger partial charge in [-0.15, -0.1) is 0 Å². The lowest BCUT2D eigenvalue weighted by molar-refractivity contribution is -0.143. The topological polar surface area (TPSA) is 66.4 Å². The molecule has 5 heteroatoms. The normalized spacial score (nSPS) is 12.2. The van der Waals surface area contributed by atoms with Crippen molar-refractivity contribution in [3.63, 3.8) is 0 Å². The predicted octanol–water partition coefficient (Wildman–Crippen LogP) is 1.98. The van der Waals surface area contributed by atoms with E-state index in [0.29, 0.717) is 6.42 Å². The fraction of sp³-hybridized carbons (Fsp3) is 0.429. The number of carboxylic acids is 1. The molecule has 0 heterocycles. The second kappa shape index (κ2) is 6.87. The minimum absolute atomic E-state index is 0.174. The van der Waals surface area contributed by atoms with E-state index in [4.69, 9.17) is 5.11 Å². The summed E-state index contributed by atoms with van der Waals surface area (Å²) in [6, 6.07) is 5.02. The molecule has 4 nitrogen and oxygen atoms in total. The Bertz CT molecular complexity index is 443. The van der Waals surface area contributed by atoms with Crippen LogP contribution >= 0.6 is 0 Å². The quantitative estimate of drug-likeness (QED) is 0.828. The summed E-state index contributed by atoms with van der Waals surface area (Å²) in [4.78, 5) is 22.6. The number of amides is 1. The molecule has 2 N–H and O–H groups in total. The minimum Gasteiger partial charge on any atom is -0.480 e. The molecule has 0 radical (unpaired) electrons. The lowest BCUT2D eigenvalue weighted by Crippen LogP contribution is -2.44. The van der Waals surface area contributed by atoms with Gasteiger partial charge in [-0.1, -0.05) is 26.0 Å². The molecule has 0 spiro atoms. The van der Waals surface area contributed by atoms with Crippen molar-refractivity contribution >= 4 is 11.9 Å². The van der Waals surface area contributed by atoms with Gasteiger partial charge in [-0.2, -0.15) is 0 Å². The van der Waals surface area contributed by atoms with E-state index in [1.54, 1.807) is 26.0 Å². The van der Waals surface area contributed by atoms with E-state index >= 15 is 0 Å². The van der Waals surface area contributed by atoms with Crippen molar-refractivity contribution in [2.24, 2.45) is 5.92 Å². The first-order valence-electron chi connectivity index (χ1n) is 6.16. The van der Waals surface area contributed by atoms with E-state index in [1.807, 2.05) is 0 Å². The van der Waals surface area contributed by atoms with Gasteiger partial charge in [-0.25, -0.2) is 9.18 Å². The molecule has 0 saturated carbocycles. The van der Waals surface area contributed by atoms with E-state index in [0.717, 1.165) is 5.56 Å². The molecule has 0 aromatic heterocycles. The Hall–Kier alpha value is -1.91. The zero-order chi connectivity index (χ0) is 14.4. The first kappa shape index (κ1) is 15.1. The van der Waals surface area contributed by atoms with Crippen LogP contribution in [0.1, 0.15) is 25.8 Å². The number of hydrogen-bond acceptors (Lipinski definition) is 2. The summed E-state index contributed by atoms with van der Waals surface area (Å²) < 4.78 is 12.7. The molecule has 0 bridgehead atoms. The maximum Gasteiger partial charge on any atom is 0.326 e. The van der Waals surface area contributed by atoms with Crippen molar-refractivity contribution in [3.05, 3.63) is 35.6 Å². The molecular formula is C14H18FNO3. The van der Waals surface area contributed by atoms with Crippen LogP contribution in [0.25, 0.3) is 0 Å². The van der Waals surface area contributed by atoms with Crippen molar-refractivity contribution in [3.8, 4) is 0 Å². The first-order valence-corrected chi connectivity index (χ1v) is 6.16. The predicted molar refractivity (Wildman–Crippen MR) is 69.1 cm³/mol. The molecule has 0 aliphatic carbocycles. The molecule has 0 saturated heterocycles. The summed E-state index contributed by atoms with van der Waals surface area (Å²) >= 11 is 0. The molecule has 0 unspecified atom stereocenters. The number of aryl methyl sites for hydroxylation is 1. The zero-order valence-electron chi connectivity index (χ0n) is 11.0. The van der Waals surface area contributed by atoms with Gasteiger partial charge < -0.3 is 10.4 Å². The van der Waals surface area contributed by atoms with Gasteiger partial charge in [-0.3, -0.25) is 4.79 Å². The third-order valence-electron chi connectivity index (χ3n) is 2.80. The molecule has 1 atom stereocenters. The van der Waals surface area contributed by atoms with Crippen LogP contribution < -0.4 is 5.32 Å². The lowest BCUT2D eigenvalue weighted by Gasteiger charge is -2.17. The molecule has 0 aliphatic heterocycles. The number of carbonyl (C=O) groups excluding carboxylic acids is 1. The van der Waals surface area contributed by atoms with Crippen molar-refractivity contribution in [2.75, 3.05) is 0 Å². The Morgan fingerprint density at radius 1 is 1.26 bits per heavy atom. The van der Waals surface area contributed by atoms with Crippen LogP contribution in [-0.4, -0.2) is 23.0 Å². The second-order valence-corrected chi connectivity index (χ2v) is 4.75. The number of carboxylic acid groups (broad SMARTS) is 1. The number of nitrogens with one attached hydrogen (secondary N) is 1. The van der Waals surface area contributed by atoms with Gasteiger partial charge in [0.15, 0.2) is 0 Å². The summed E-state index contributed by atoms with van der Waals surface area (Å²) in [6.07, 6.45) is 0.638. The highest BCUT2D eigenvalue weighted by Gasteiger charge is 2.22. The Balaban J connectivity index is 2.47. The number of aliphatic carboxylic acids is 1. The second-order valence-electron chi connectivity index (χ2n) is 4.75. The number of hydrogen-bond donors (Lipinski definition) is 2. The fourth-order valence-corrected chi connectivity index (χ4v) is 1.67. The van der Waals surface area contributed by atoms with E-state index in [1.165, 1.54) is 12.1 Å². The van der Waals surface area contributed by atoms with Crippen LogP contribution in [0.15, 0.2) is 24.3 Å². The fourth-order valence-electron chi connectivity index (χ4n) is 1.67. The minimum atomic E-state index is -1.04. The van der Waals surface area contributed by atoms with Crippen molar-refractivity contribution in [1.82, 2.24) is 5.32 Å². The van der Waals surface area contributed by atoms with Crippen LogP contribution in [0.4, 0.5) is 4.39 Å². The Labute approximate surface area is 111 Å². The number of benzene rings is 1. The standard InChI is InChI=1S/C14H18FNO3/c1-9(2)13(14(18)19)16-12(17)8-5-10-3-6-11(15)7-4-10/h3-4,6-7,9,13H,5,8H2,1-2H3,(H,16,17)(H,18,19)/t13-/m1/s1. The summed E-state index contributed by atoms with van der Waals surface area (Å²) in [6.45, 7) is 3.47. The first-order chi connectivity index (χ1) is 8.90. The summed E-state index contributed by atoms with van der Waals surface area (Å²) in [5.41, 5.74) is 0.841. The zero-order valence-corrected chi connectivity index (χ0v) is 11.0. The summed E-state index contributed by atoms with van der Waals surface area (Å²) in [7, 11) is 0. The van der Waals surface area contributed by atoms with Crippen LogP contribution in [0.3, 0.4) is 0 Å². The van der Waals surface area contributed by atoms with E-state index < -0.39 is 12.0 Å². The molecule has 0 fully saturated rings. The lowest BCUT2D eigenvalue weighted by atomic mass is 10.0. The smallest absolute Gasteiger partial charge is 0.326 e. The van der Waals surface area contributed by atoms with Crippen molar-refractivity contribution in [2.45, 2.75) is 32.7 Å². The van der Waals surface area contributed by atoms with E-state index in [9.17, 15) is 14.0 Å². The SMILES string of the molecule is CC(C)[C@@H](NC(=O)CCc1ccc(F)cc1)C(=O)O. The molecule has 19 heavy (non-hydrogen) atoms.